The zero-order valence-electron chi connectivity index (χ0n) is 7.67. The Labute approximate surface area is 73.0 Å². The summed E-state index contributed by atoms with van der Waals surface area (Å²) in [5, 5.41) is 8.37. The van der Waals surface area contributed by atoms with Gasteiger partial charge in [-0.05, 0) is 12.8 Å². The van der Waals surface area contributed by atoms with Crippen LogP contribution in [0.5, 0.6) is 0 Å². The maximum Gasteiger partial charge on any atom is 0.330 e. The van der Waals surface area contributed by atoms with Gasteiger partial charge in [-0.25, -0.2) is 4.79 Å². The van der Waals surface area contributed by atoms with Crippen molar-refractivity contribution in [3.8, 4) is 0 Å². The van der Waals surface area contributed by atoms with Crippen LogP contribution < -0.4 is 0 Å². The van der Waals surface area contributed by atoms with Crippen LogP contribution in [0.2, 0.25) is 0 Å². The first kappa shape index (κ1) is 11.2. The van der Waals surface area contributed by atoms with Crippen molar-refractivity contribution in [3.63, 3.8) is 0 Å². The number of hydrogen-bond donors (Lipinski definition) is 1. The number of carbonyl (C=O) groups excluding carboxylic acids is 1. The minimum absolute atomic E-state index is 0.0794. The first-order chi connectivity index (χ1) is 5.74. The van der Waals surface area contributed by atoms with E-state index in [4.69, 9.17) is 5.11 Å². The lowest BCUT2D eigenvalue weighted by Gasteiger charge is -2.00. The summed E-state index contributed by atoms with van der Waals surface area (Å²) in [6, 6.07) is 0. The highest BCUT2D eigenvalue weighted by Gasteiger charge is 1.98. The van der Waals surface area contributed by atoms with Crippen LogP contribution >= 0.6 is 0 Å². The van der Waals surface area contributed by atoms with Gasteiger partial charge in [-0.2, -0.15) is 0 Å². The third-order valence-corrected chi connectivity index (χ3v) is 1.57. The molecule has 0 radical (unpaired) electrons. The van der Waals surface area contributed by atoms with Gasteiger partial charge in [-0.3, -0.25) is 0 Å². The molecule has 0 aliphatic carbocycles. The van der Waals surface area contributed by atoms with Crippen LogP contribution in [0, 0.1) is 0 Å². The van der Waals surface area contributed by atoms with Gasteiger partial charge in [0, 0.05) is 6.08 Å². The number of aliphatic hydroxyl groups is 1. The largest absolute Gasteiger partial charge is 0.460 e. The SMILES string of the molecule is CCC(=CC(=O)OCCO)CC. The molecule has 0 rings (SSSR count). The molecule has 0 unspecified atom stereocenters. The normalized spacial score (nSPS) is 9.25. The van der Waals surface area contributed by atoms with E-state index in [0.29, 0.717) is 0 Å². The second-order valence-corrected chi connectivity index (χ2v) is 2.40. The van der Waals surface area contributed by atoms with Crippen molar-refractivity contribution in [2.45, 2.75) is 26.7 Å². The second kappa shape index (κ2) is 6.85. The Kier molecular flexibility index (Phi) is 6.38. The van der Waals surface area contributed by atoms with E-state index in [-0.39, 0.29) is 19.2 Å². The third kappa shape index (κ3) is 4.91. The molecule has 0 aliphatic rings. The molecule has 0 aromatic rings. The summed E-state index contributed by atoms with van der Waals surface area (Å²) in [6.45, 7) is 3.95. The molecule has 3 heteroatoms. The standard InChI is InChI=1S/C9H16O3/c1-3-8(4-2)7-9(11)12-6-5-10/h7,10H,3-6H2,1-2H3. The summed E-state index contributed by atoms with van der Waals surface area (Å²) < 4.78 is 4.66. The smallest absolute Gasteiger partial charge is 0.330 e. The number of hydrogen-bond acceptors (Lipinski definition) is 3. The average Bonchev–Trinajstić information content (AvgIpc) is 2.10. The Hall–Kier alpha value is -0.830. The number of carbonyl (C=O) groups is 1. The summed E-state index contributed by atoms with van der Waals surface area (Å²) in [5.74, 6) is -0.359. The van der Waals surface area contributed by atoms with Crippen LogP contribution in [-0.2, 0) is 9.53 Å². The molecule has 0 atom stereocenters. The first-order valence-electron chi connectivity index (χ1n) is 4.21. The molecule has 0 spiro atoms. The van der Waals surface area contributed by atoms with E-state index in [9.17, 15) is 4.79 Å². The van der Waals surface area contributed by atoms with Crippen LogP contribution in [0.4, 0.5) is 0 Å². The molecule has 70 valence electrons. The molecule has 0 heterocycles. The van der Waals surface area contributed by atoms with Gasteiger partial charge in [-0.15, -0.1) is 0 Å². The Bertz CT molecular complexity index is 155. The number of ether oxygens (including phenoxy) is 1. The van der Waals surface area contributed by atoms with Crippen molar-refractivity contribution in [1.82, 2.24) is 0 Å². The fourth-order valence-electron chi connectivity index (χ4n) is 0.809. The Morgan fingerprint density at radius 3 is 2.42 bits per heavy atom. The quantitative estimate of drug-likeness (QED) is 0.501. The molecular formula is C9H16O3. The molecule has 0 aliphatic heterocycles. The highest BCUT2D eigenvalue weighted by molar-refractivity contribution is 5.82. The summed E-state index contributed by atoms with van der Waals surface area (Å²) in [4.78, 5) is 10.9. The minimum atomic E-state index is -0.359. The van der Waals surface area contributed by atoms with Crippen LogP contribution in [0.3, 0.4) is 0 Å². The molecule has 0 bridgehead atoms. The van der Waals surface area contributed by atoms with Crippen molar-refractivity contribution in [3.05, 3.63) is 11.6 Å². The topological polar surface area (TPSA) is 46.5 Å². The molecule has 0 aromatic carbocycles. The number of aliphatic hydroxyl groups excluding tert-OH is 1. The van der Waals surface area contributed by atoms with E-state index in [2.05, 4.69) is 4.74 Å². The molecule has 0 saturated carbocycles. The minimum Gasteiger partial charge on any atom is -0.460 e. The molecule has 1 N–H and O–H groups in total. The predicted molar refractivity (Wildman–Crippen MR) is 46.7 cm³/mol. The lowest BCUT2D eigenvalue weighted by Crippen LogP contribution is -2.06. The van der Waals surface area contributed by atoms with Gasteiger partial charge in [-0.1, -0.05) is 19.4 Å². The van der Waals surface area contributed by atoms with Gasteiger partial charge >= 0.3 is 5.97 Å². The van der Waals surface area contributed by atoms with Crippen molar-refractivity contribution < 1.29 is 14.6 Å². The summed E-state index contributed by atoms with van der Waals surface area (Å²) in [5.41, 5.74) is 1.07. The van der Waals surface area contributed by atoms with Gasteiger partial charge in [0.15, 0.2) is 0 Å². The molecule has 0 amide bonds. The van der Waals surface area contributed by atoms with E-state index in [0.717, 1.165) is 18.4 Å². The van der Waals surface area contributed by atoms with Gasteiger partial charge in [0.2, 0.25) is 0 Å². The summed E-state index contributed by atoms with van der Waals surface area (Å²) in [7, 11) is 0. The van der Waals surface area contributed by atoms with Crippen molar-refractivity contribution >= 4 is 5.97 Å². The molecular weight excluding hydrogens is 156 g/mol. The zero-order chi connectivity index (χ0) is 9.40. The number of esters is 1. The highest BCUT2D eigenvalue weighted by Crippen LogP contribution is 2.04. The number of rotatable bonds is 5. The Balaban J connectivity index is 3.85. The zero-order valence-corrected chi connectivity index (χ0v) is 7.67. The summed E-state index contributed by atoms with van der Waals surface area (Å²) >= 11 is 0. The van der Waals surface area contributed by atoms with Crippen LogP contribution in [0.15, 0.2) is 11.6 Å². The van der Waals surface area contributed by atoms with Gasteiger partial charge < -0.3 is 9.84 Å². The second-order valence-electron chi connectivity index (χ2n) is 2.40. The van der Waals surface area contributed by atoms with Crippen LogP contribution in [0.1, 0.15) is 26.7 Å². The van der Waals surface area contributed by atoms with Crippen LogP contribution in [-0.4, -0.2) is 24.3 Å². The predicted octanol–water partition coefficient (Wildman–Crippen LogP) is 1.27. The fourth-order valence-corrected chi connectivity index (χ4v) is 0.809. The lowest BCUT2D eigenvalue weighted by molar-refractivity contribution is -0.138. The Morgan fingerprint density at radius 1 is 1.42 bits per heavy atom. The fraction of sp³-hybridized carbons (Fsp3) is 0.667. The molecule has 0 saturated heterocycles. The maximum atomic E-state index is 10.9. The van der Waals surface area contributed by atoms with Crippen molar-refractivity contribution in [2.24, 2.45) is 0 Å². The highest BCUT2D eigenvalue weighted by atomic mass is 16.5. The van der Waals surface area contributed by atoms with Crippen molar-refractivity contribution in [2.75, 3.05) is 13.2 Å². The van der Waals surface area contributed by atoms with Crippen LogP contribution in [0.25, 0.3) is 0 Å². The third-order valence-electron chi connectivity index (χ3n) is 1.57. The summed E-state index contributed by atoms with van der Waals surface area (Å²) in [6.07, 6.45) is 3.23. The van der Waals surface area contributed by atoms with E-state index in [1.807, 2.05) is 13.8 Å². The number of allylic oxidation sites excluding steroid dienone is 1. The van der Waals surface area contributed by atoms with E-state index < -0.39 is 0 Å². The maximum absolute atomic E-state index is 10.9. The Morgan fingerprint density at radius 2 is 2.00 bits per heavy atom. The van der Waals surface area contributed by atoms with Gasteiger partial charge in [0.25, 0.3) is 0 Å². The molecule has 12 heavy (non-hydrogen) atoms. The van der Waals surface area contributed by atoms with Crippen molar-refractivity contribution in [1.29, 1.82) is 0 Å². The van der Waals surface area contributed by atoms with Gasteiger partial charge in [0.05, 0.1) is 6.61 Å². The molecule has 3 nitrogen and oxygen atoms in total. The van der Waals surface area contributed by atoms with E-state index >= 15 is 0 Å². The molecule has 0 aromatic heterocycles. The molecule has 0 fully saturated rings. The monoisotopic (exact) mass is 172 g/mol. The first-order valence-corrected chi connectivity index (χ1v) is 4.21. The lowest BCUT2D eigenvalue weighted by atomic mass is 10.1. The van der Waals surface area contributed by atoms with Gasteiger partial charge in [0.1, 0.15) is 6.61 Å². The van der Waals surface area contributed by atoms with E-state index in [1.54, 1.807) is 0 Å². The average molecular weight is 172 g/mol. The van der Waals surface area contributed by atoms with E-state index in [1.165, 1.54) is 6.08 Å².